The third-order valence-electron chi connectivity index (χ3n) is 2.87. The molecule has 1 heterocycles. The van der Waals surface area contributed by atoms with Crippen molar-refractivity contribution in [1.82, 2.24) is 10.5 Å². The van der Waals surface area contributed by atoms with Gasteiger partial charge in [-0.15, -0.1) is 0 Å². The minimum Gasteiger partial charge on any atom is -0.484 e. The molecule has 1 aromatic heterocycles. The number of hydrogen-bond donors (Lipinski definition) is 1. The molecule has 1 aromatic carbocycles. The second-order valence-electron chi connectivity index (χ2n) is 6.09. The van der Waals surface area contributed by atoms with Crippen LogP contribution < -0.4 is 10.1 Å². The van der Waals surface area contributed by atoms with Crippen LogP contribution >= 0.6 is 15.9 Å². The van der Waals surface area contributed by atoms with Crippen LogP contribution in [0.25, 0.3) is 0 Å². The largest absolute Gasteiger partial charge is 0.484 e. The molecule has 2 rings (SSSR count). The molecule has 0 bridgehead atoms. The van der Waals surface area contributed by atoms with E-state index in [0.717, 1.165) is 28.2 Å². The predicted octanol–water partition coefficient (Wildman–Crippen LogP) is 4.21. The van der Waals surface area contributed by atoms with Gasteiger partial charge in [0.05, 0.1) is 10.2 Å². The van der Waals surface area contributed by atoms with Crippen molar-refractivity contribution in [3.8, 4) is 5.75 Å². The molecule has 0 amide bonds. The van der Waals surface area contributed by atoms with E-state index in [1.807, 2.05) is 19.1 Å². The Morgan fingerprint density at radius 3 is 2.62 bits per heavy atom. The fourth-order valence-corrected chi connectivity index (χ4v) is 2.31. The van der Waals surface area contributed by atoms with Gasteiger partial charge >= 0.3 is 0 Å². The van der Waals surface area contributed by atoms with Gasteiger partial charge < -0.3 is 14.6 Å². The third-order valence-corrected chi connectivity index (χ3v) is 3.49. The van der Waals surface area contributed by atoms with E-state index >= 15 is 0 Å². The van der Waals surface area contributed by atoms with Crippen LogP contribution in [0.4, 0.5) is 0 Å². The molecule has 21 heavy (non-hydrogen) atoms. The lowest BCUT2D eigenvalue weighted by Crippen LogP contribution is -2.35. The van der Waals surface area contributed by atoms with Crippen molar-refractivity contribution in [3.63, 3.8) is 0 Å². The third kappa shape index (κ3) is 5.17. The Bertz CT molecular complexity index is 603. The zero-order valence-corrected chi connectivity index (χ0v) is 14.5. The second-order valence-corrected chi connectivity index (χ2v) is 6.95. The number of hydrogen-bond acceptors (Lipinski definition) is 4. The maximum Gasteiger partial charge on any atom is 0.174 e. The molecule has 0 spiro atoms. The lowest BCUT2D eigenvalue weighted by molar-refractivity contribution is 0.247. The van der Waals surface area contributed by atoms with Crippen LogP contribution in [0, 0.1) is 6.92 Å². The predicted molar refractivity (Wildman–Crippen MR) is 86.3 cm³/mol. The molecule has 0 saturated heterocycles. The Balaban J connectivity index is 1.95. The summed E-state index contributed by atoms with van der Waals surface area (Å²) in [6.45, 7) is 9.54. The highest BCUT2D eigenvalue weighted by Crippen LogP contribution is 2.27. The molecule has 0 atom stereocenters. The molecule has 0 unspecified atom stereocenters. The number of benzene rings is 1. The number of rotatable bonds is 5. The second kappa shape index (κ2) is 6.62. The first-order valence-corrected chi connectivity index (χ1v) is 7.71. The number of aromatic nitrogens is 1. The van der Waals surface area contributed by atoms with E-state index in [1.165, 1.54) is 5.56 Å². The van der Waals surface area contributed by atoms with E-state index in [-0.39, 0.29) is 5.54 Å². The first-order chi connectivity index (χ1) is 9.83. The molecular weight excluding hydrogens is 332 g/mol. The van der Waals surface area contributed by atoms with Gasteiger partial charge in [-0.3, -0.25) is 0 Å². The van der Waals surface area contributed by atoms with Crippen LogP contribution in [0.1, 0.15) is 37.8 Å². The molecule has 0 aliphatic carbocycles. The van der Waals surface area contributed by atoms with Crippen molar-refractivity contribution in [2.45, 2.75) is 46.4 Å². The van der Waals surface area contributed by atoms with Gasteiger partial charge in [0, 0.05) is 18.2 Å². The van der Waals surface area contributed by atoms with Gasteiger partial charge in [-0.2, -0.15) is 0 Å². The van der Waals surface area contributed by atoms with E-state index in [9.17, 15) is 0 Å². The smallest absolute Gasteiger partial charge is 0.174 e. The zero-order valence-electron chi connectivity index (χ0n) is 12.9. The van der Waals surface area contributed by atoms with Crippen LogP contribution in [0.2, 0.25) is 0 Å². The van der Waals surface area contributed by atoms with Crippen LogP contribution in [-0.2, 0) is 13.2 Å². The first-order valence-electron chi connectivity index (χ1n) is 6.92. The molecule has 1 N–H and O–H groups in total. The first kappa shape index (κ1) is 16.0. The topological polar surface area (TPSA) is 47.3 Å². The van der Waals surface area contributed by atoms with Crippen molar-refractivity contribution < 1.29 is 9.26 Å². The summed E-state index contributed by atoms with van der Waals surface area (Å²) in [6.07, 6.45) is 0. The number of aryl methyl sites for hydroxylation is 1. The minimum atomic E-state index is 0.103. The molecule has 0 aliphatic heterocycles. The maximum atomic E-state index is 5.74. The van der Waals surface area contributed by atoms with Crippen molar-refractivity contribution in [2.24, 2.45) is 0 Å². The lowest BCUT2D eigenvalue weighted by atomic mass is 10.1. The number of nitrogens with one attached hydrogen (secondary N) is 1. The fourth-order valence-electron chi connectivity index (χ4n) is 1.77. The van der Waals surface area contributed by atoms with Crippen molar-refractivity contribution in [1.29, 1.82) is 0 Å². The van der Waals surface area contributed by atoms with Crippen LogP contribution in [0.3, 0.4) is 0 Å². The van der Waals surface area contributed by atoms with E-state index in [0.29, 0.717) is 6.61 Å². The van der Waals surface area contributed by atoms with Gasteiger partial charge in [0.15, 0.2) is 5.76 Å². The Labute approximate surface area is 134 Å². The minimum absolute atomic E-state index is 0.103. The summed E-state index contributed by atoms with van der Waals surface area (Å²) in [5.41, 5.74) is 2.17. The van der Waals surface area contributed by atoms with Crippen LogP contribution in [-0.4, -0.2) is 10.7 Å². The van der Waals surface area contributed by atoms with Gasteiger partial charge in [-0.1, -0.05) is 11.2 Å². The summed E-state index contributed by atoms with van der Waals surface area (Å²) in [4.78, 5) is 0. The summed E-state index contributed by atoms with van der Waals surface area (Å²) in [7, 11) is 0. The Hall–Kier alpha value is -1.33. The zero-order chi connectivity index (χ0) is 15.5. The Kier molecular flexibility index (Phi) is 5.06. The fraction of sp³-hybridized carbons (Fsp3) is 0.438. The van der Waals surface area contributed by atoms with Crippen molar-refractivity contribution >= 4 is 15.9 Å². The Morgan fingerprint density at radius 1 is 1.29 bits per heavy atom. The lowest BCUT2D eigenvalue weighted by Gasteiger charge is -2.20. The average Bonchev–Trinajstić information content (AvgIpc) is 2.80. The average molecular weight is 353 g/mol. The maximum absolute atomic E-state index is 5.74. The number of nitrogens with zero attached hydrogens (tertiary/aromatic N) is 1. The van der Waals surface area contributed by atoms with Gasteiger partial charge in [0.2, 0.25) is 0 Å². The molecule has 2 aromatic rings. The van der Waals surface area contributed by atoms with Gasteiger partial charge in [0.25, 0.3) is 0 Å². The normalized spacial score (nSPS) is 11.7. The van der Waals surface area contributed by atoms with Gasteiger partial charge in [-0.05, 0) is 61.3 Å². The SMILES string of the molecule is Cc1cc(COc2ccc(CNC(C)(C)C)cc2Br)on1. The van der Waals surface area contributed by atoms with E-state index in [2.05, 4.69) is 59.3 Å². The quantitative estimate of drug-likeness (QED) is 0.875. The summed E-state index contributed by atoms with van der Waals surface area (Å²) in [5.74, 6) is 1.52. The summed E-state index contributed by atoms with van der Waals surface area (Å²) < 4.78 is 11.8. The monoisotopic (exact) mass is 352 g/mol. The molecule has 0 fully saturated rings. The summed E-state index contributed by atoms with van der Waals surface area (Å²) in [6, 6.07) is 7.96. The molecule has 4 nitrogen and oxygen atoms in total. The van der Waals surface area contributed by atoms with E-state index in [4.69, 9.17) is 9.26 Å². The molecule has 5 heteroatoms. The molecule has 0 aliphatic rings. The summed E-state index contributed by atoms with van der Waals surface area (Å²) in [5, 5.41) is 7.30. The van der Waals surface area contributed by atoms with Gasteiger partial charge in [-0.25, -0.2) is 0 Å². The molecule has 114 valence electrons. The number of halogens is 1. The molecular formula is C16H21BrN2O2. The molecule has 0 saturated carbocycles. The molecule has 0 radical (unpaired) electrons. The highest BCUT2D eigenvalue weighted by atomic mass is 79.9. The van der Waals surface area contributed by atoms with Crippen LogP contribution in [0.5, 0.6) is 5.75 Å². The standard InChI is InChI=1S/C16H21BrN2O2/c1-11-7-13(21-19-11)10-20-15-6-5-12(8-14(15)17)9-18-16(2,3)4/h5-8,18H,9-10H2,1-4H3. The van der Waals surface area contributed by atoms with E-state index in [1.54, 1.807) is 0 Å². The highest BCUT2D eigenvalue weighted by Gasteiger charge is 2.10. The number of ether oxygens (including phenoxy) is 1. The van der Waals surface area contributed by atoms with Gasteiger partial charge in [0.1, 0.15) is 12.4 Å². The van der Waals surface area contributed by atoms with Crippen LogP contribution in [0.15, 0.2) is 33.3 Å². The van der Waals surface area contributed by atoms with E-state index < -0.39 is 0 Å². The highest BCUT2D eigenvalue weighted by molar-refractivity contribution is 9.10. The Morgan fingerprint density at radius 2 is 2.05 bits per heavy atom. The van der Waals surface area contributed by atoms with Crippen molar-refractivity contribution in [3.05, 3.63) is 45.8 Å². The van der Waals surface area contributed by atoms with Crippen molar-refractivity contribution in [2.75, 3.05) is 0 Å². The summed E-state index contributed by atoms with van der Waals surface area (Å²) >= 11 is 3.55.